The van der Waals surface area contributed by atoms with Crippen molar-refractivity contribution in [3.63, 3.8) is 0 Å². The number of hydrogen-bond donors (Lipinski definition) is 3. The molecule has 2 aromatic carbocycles. The highest BCUT2D eigenvalue weighted by Crippen LogP contribution is 2.20. The van der Waals surface area contributed by atoms with E-state index in [4.69, 9.17) is 5.73 Å². The molecule has 2 aromatic rings. The zero-order chi connectivity index (χ0) is 23.3. The Morgan fingerprint density at radius 2 is 1.70 bits per heavy atom. The van der Waals surface area contributed by atoms with Gasteiger partial charge >= 0.3 is 0 Å². The lowest BCUT2D eigenvalue weighted by atomic mass is 9.92. The number of benzene rings is 2. The SMILES string of the molecule is CN=C(NCCCCN1CCC(C(N)=O)CC1)NCC(Cc1ccccc1)c1ccccc1. The molecule has 1 aliphatic heterocycles. The van der Waals surface area contributed by atoms with E-state index >= 15 is 0 Å². The maximum atomic E-state index is 11.3. The molecule has 4 N–H and O–H groups in total. The van der Waals surface area contributed by atoms with Crippen LogP contribution in [-0.4, -0.2) is 56.5 Å². The van der Waals surface area contributed by atoms with E-state index in [0.29, 0.717) is 5.92 Å². The number of likely N-dealkylation sites (tertiary alicyclic amines) is 1. The second-order valence-electron chi connectivity index (χ2n) is 8.90. The van der Waals surface area contributed by atoms with E-state index in [1.54, 1.807) is 0 Å². The van der Waals surface area contributed by atoms with E-state index in [1.165, 1.54) is 11.1 Å². The van der Waals surface area contributed by atoms with Gasteiger partial charge in [0.05, 0.1) is 0 Å². The van der Waals surface area contributed by atoms with Crippen LogP contribution in [0.4, 0.5) is 0 Å². The van der Waals surface area contributed by atoms with Crippen LogP contribution in [0.5, 0.6) is 0 Å². The Morgan fingerprint density at radius 3 is 2.33 bits per heavy atom. The van der Waals surface area contributed by atoms with Gasteiger partial charge in [0, 0.05) is 32.0 Å². The highest BCUT2D eigenvalue weighted by atomic mass is 16.1. The molecular formula is C27H39N5O. The van der Waals surface area contributed by atoms with Crippen LogP contribution in [0.3, 0.4) is 0 Å². The molecule has 33 heavy (non-hydrogen) atoms. The largest absolute Gasteiger partial charge is 0.369 e. The van der Waals surface area contributed by atoms with Crippen molar-refractivity contribution in [2.24, 2.45) is 16.6 Å². The topological polar surface area (TPSA) is 82.8 Å². The summed E-state index contributed by atoms with van der Waals surface area (Å²) in [7, 11) is 1.83. The molecule has 1 atom stereocenters. The molecule has 0 saturated carbocycles. The van der Waals surface area contributed by atoms with Gasteiger partial charge in [0.2, 0.25) is 5.91 Å². The standard InChI is InChI=1S/C27H39N5O/c1-29-27(30-16-8-9-17-32-18-14-24(15-19-32)26(28)33)31-21-25(23-12-6-3-7-13-23)20-22-10-4-2-5-11-22/h2-7,10-13,24-25H,8-9,14-21H2,1H3,(H2,28,33)(H2,29,30,31). The second kappa shape index (κ2) is 13.6. The van der Waals surface area contributed by atoms with E-state index in [-0.39, 0.29) is 11.8 Å². The number of primary amides is 1. The summed E-state index contributed by atoms with van der Waals surface area (Å²) in [6, 6.07) is 21.4. The van der Waals surface area contributed by atoms with Crippen molar-refractivity contribution in [3.8, 4) is 0 Å². The molecule has 0 aliphatic carbocycles. The summed E-state index contributed by atoms with van der Waals surface area (Å²) in [6.07, 6.45) is 5.00. The molecular weight excluding hydrogens is 410 g/mol. The van der Waals surface area contributed by atoms with Crippen LogP contribution in [0, 0.1) is 5.92 Å². The summed E-state index contributed by atoms with van der Waals surface area (Å²) in [5.41, 5.74) is 8.11. The maximum Gasteiger partial charge on any atom is 0.220 e. The molecule has 1 aliphatic rings. The molecule has 6 heteroatoms. The Bertz CT molecular complexity index is 847. The monoisotopic (exact) mass is 449 g/mol. The zero-order valence-electron chi connectivity index (χ0n) is 19.9. The highest BCUT2D eigenvalue weighted by Gasteiger charge is 2.22. The van der Waals surface area contributed by atoms with Gasteiger partial charge in [-0.1, -0.05) is 60.7 Å². The minimum absolute atomic E-state index is 0.0684. The summed E-state index contributed by atoms with van der Waals surface area (Å²) >= 11 is 0. The van der Waals surface area contributed by atoms with Gasteiger partial charge < -0.3 is 21.3 Å². The molecule has 1 unspecified atom stereocenters. The molecule has 178 valence electrons. The van der Waals surface area contributed by atoms with Crippen molar-refractivity contribution < 1.29 is 4.79 Å². The molecule has 0 spiro atoms. The molecule has 1 heterocycles. The fourth-order valence-corrected chi connectivity index (χ4v) is 4.48. The molecule has 0 aromatic heterocycles. The van der Waals surface area contributed by atoms with Gasteiger partial charge in [-0.05, 0) is 62.9 Å². The molecule has 6 nitrogen and oxygen atoms in total. The van der Waals surface area contributed by atoms with Crippen LogP contribution in [0.15, 0.2) is 65.7 Å². The van der Waals surface area contributed by atoms with Crippen molar-refractivity contribution in [1.82, 2.24) is 15.5 Å². The Balaban J connectivity index is 1.39. The number of unbranched alkanes of at least 4 members (excludes halogenated alkanes) is 1. The van der Waals surface area contributed by atoms with Crippen LogP contribution >= 0.6 is 0 Å². The Hall–Kier alpha value is -2.86. The molecule has 0 radical (unpaired) electrons. The molecule has 1 amide bonds. The van der Waals surface area contributed by atoms with E-state index < -0.39 is 0 Å². The van der Waals surface area contributed by atoms with Crippen LogP contribution in [0.25, 0.3) is 0 Å². The molecule has 1 fully saturated rings. The van der Waals surface area contributed by atoms with Gasteiger partial charge in [-0.3, -0.25) is 9.79 Å². The number of piperidine rings is 1. The van der Waals surface area contributed by atoms with E-state index in [0.717, 1.165) is 70.8 Å². The minimum Gasteiger partial charge on any atom is -0.369 e. The third kappa shape index (κ3) is 8.54. The van der Waals surface area contributed by atoms with E-state index in [2.05, 4.69) is 81.2 Å². The van der Waals surface area contributed by atoms with Crippen LogP contribution < -0.4 is 16.4 Å². The van der Waals surface area contributed by atoms with Gasteiger partial charge in [-0.25, -0.2) is 0 Å². The fourth-order valence-electron chi connectivity index (χ4n) is 4.48. The Labute approximate surface area is 198 Å². The van der Waals surface area contributed by atoms with E-state index in [1.807, 2.05) is 7.05 Å². The number of aliphatic imine (C=N–C) groups is 1. The molecule has 1 saturated heterocycles. The van der Waals surface area contributed by atoms with Crippen molar-refractivity contribution in [2.75, 3.05) is 39.8 Å². The first-order valence-corrected chi connectivity index (χ1v) is 12.2. The number of hydrogen-bond acceptors (Lipinski definition) is 3. The quantitative estimate of drug-likeness (QED) is 0.280. The number of nitrogens with zero attached hydrogens (tertiary/aromatic N) is 2. The number of carbonyl (C=O) groups excluding carboxylic acids is 1. The number of rotatable bonds is 11. The van der Waals surface area contributed by atoms with Gasteiger partial charge in [0.25, 0.3) is 0 Å². The number of amides is 1. The second-order valence-corrected chi connectivity index (χ2v) is 8.90. The lowest BCUT2D eigenvalue weighted by Crippen LogP contribution is -2.40. The third-order valence-electron chi connectivity index (χ3n) is 6.52. The first-order valence-electron chi connectivity index (χ1n) is 12.2. The van der Waals surface area contributed by atoms with Crippen molar-refractivity contribution in [1.29, 1.82) is 0 Å². The normalized spacial score (nSPS) is 16.3. The molecule has 3 rings (SSSR count). The van der Waals surface area contributed by atoms with Gasteiger partial charge in [0.1, 0.15) is 0 Å². The van der Waals surface area contributed by atoms with Crippen LogP contribution in [-0.2, 0) is 11.2 Å². The number of nitrogens with one attached hydrogen (secondary N) is 2. The average Bonchev–Trinajstić information content (AvgIpc) is 2.86. The zero-order valence-corrected chi connectivity index (χ0v) is 19.9. The minimum atomic E-state index is -0.143. The summed E-state index contributed by atoms with van der Waals surface area (Å²) in [5, 5.41) is 6.99. The predicted octanol–water partition coefficient (Wildman–Crippen LogP) is 3.16. The van der Waals surface area contributed by atoms with Crippen molar-refractivity contribution >= 4 is 11.9 Å². The lowest BCUT2D eigenvalue weighted by Gasteiger charge is -2.30. The lowest BCUT2D eigenvalue weighted by molar-refractivity contribution is -0.123. The summed E-state index contributed by atoms with van der Waals surface area (Å²) < 4.78 is 0. The fraction of sp³-hybridized carbons (Fsp3) is 0.481. The first-order chi connectivity index (χ1) is 16.2. The van der Waals surface area contributed by atoms with Gasteiger partial charge in [0.15, 0.2) is 5.96 Å². The third-order valence-corrected chi connectivity index (χ3v) is 6.52. The number of guanidine groups is 1. The predicted molar refractivity (Wildman–Crippen MR) is 136 cm³/mol. The smallest absolute Gasteiger partial charge is 0.220 e. The first kappa shape index (κ1) is 24.8. The number of nitrogens with two attached hydrogens (primary N) is 1. The van der Waals surface area contributed by atoms with Crippen molar-refractivity contribution in [3.05, 3.63) is 71.8 Å². The Morgan fingerprint density at radius 1 is 1.03 bits per heavy atom. The van der Waals surface area contributed by atoms with Gasteiger partial charge in [-0.15, -0.1) is 0 Å². The summed E-state index contributed by atoms with van der Waals surface area (Å²) in [4.78, 5) is 18.2. The number of carbonyl (C=O) groups is 1. The average molecular weight is 450 g/mol. The van der Waals surface area contributed by atoms with Gasteiger partial charge in [-0.2, -0.15) is 0 Å². The Kier molecular flexibility index (Phi) is 10.2. The summed E-state index contributed by atoms with van der Waals surface area (Å²) in [6.45, 7) is 4.75. The van der Waals surface area contributed by atoms with E-state index in [9.17, 15) is 4.79 Å². The highest BCUT2D eigenvalue weighted by molar-refractivity contribution is 5.79. The maximum absolute atomic E-state index is 11.3. The van der Waals surface area contributed by atoms with Crippen LogP contribution in [0.2, 0.25) is 0 Å². The van der Waals surface area contributed by atoms with Crippen LogP contribution in [0.1, 0.15) is 42.7 Å². The summed E-state index contributed by atoms with van der Waals surface area (Å²) in [5.74, 6) is 1.15. The molecule has 0 bridgehead atoms. The van der Waals surface area contributed by atoms with Crippen molar-refractivity contribution in [2.45, 2.75) is 38.0 Å².